The first-order chi connectivity index (χ1) is 12.8. The molecule has 27 heavy (non-hydrogen) atoms. The van der Waals surface area contributed by atoms with E-state index >= 15 is 0 Å². The third-order valence-corrected chi connectivity index (χ3v) is 6.09. The molecular weight excluding hydrogens is 364 g/mol. The molecule has 3 aromatic rings. The number of nitrogens with one attached hydrogen (secondary N) is 1. The summed E-state index contributed by atoms with van der Waals surface area (Å²) < 4.78 is 27.8. The predicted octanol–water partition coefficient (Wildman–Crippen LogP) is 2.68. The number of carbonyl (C=O) groups excluding carboxylic acids is 1. The van der Waals surface area contributed by atoms with Crippen LogP contribution in [0.2, 0.25) is 0 Å². The summed E-state index contributed by atoms with van der Waals surface area (Å²) in [6.45, 7) is 1.72. The van der Waals surface area contributed by atoms with Crippen LogP contribution in [0.1, 0.15) is 15.9 Å². The van der Waals surface area contributed by atoms with Gasteiger partial charge in [-0.25, -0.2) is 17.7 Å². The number of anilines is 1. The van der Waals surface area contributed by atoms with Crippen LogP contribution < -0.4 is 5.32 Å². The fourth-order valence-electron chi connectivity index (χ4n) is 2.55. The first-order valence-corrected chi connectivity index (χ1v) is 9.66. The quantitative estimate of drug-likeness (QED) is 0.733. The fraction of sp³-hybridized carbons (Fsp3) is 0.158. The van der Waals surface area contributed by atoms with Gasteiger partial charge in [0.25, 0.3) is 5.91 Å². The van der Waals surface area contributed by atoms with Crippen LogP contribution in [0.3, 0.4) is 0 Å². The van der Waals surface area contributed by atoms with Crippen molar-refractivity contribution >= 4 is 21.6 Å². The Labute approximate surface area is 158 Å². The van der Waals surface area contributed by atoms with Gasteiger partial charge in [0, 0.05) is 43.4 Å². The molecule has 1 amide bonds. The summed E-state index contributed by atoms with van der Waals surface area (Å²) in [6, 6.07) is 11.9. The zero-order valence-corrected chi connectivity index (χ0v) is 16.1. The highest BCUT2D eigenvalue weighted by atomic mass is 32.2. The van der Waals surface area contributed by atoms with E-state index in [4.69, 9.17) is 0 Å². The Morgan fingerprint density at radius 1 is 1.11 bits per heavy atom. The molecule has 0 aliphatic rings. The first kappa shape index (κ1) is 18.8. The zero-order valence-electron chi connectivity index (χ0n) is 15.2. The van der Waals surface area contributed by atoms with Crippen molar-refractivity contribution in [2.24, 2.45) is 0 Å². The number of amides is 1. The largest absolute Gasteiger partial charge is 0.322 e. The lowest BCUT2D eigenvalue weighted by molar-refractivity contribution is 0.102. The summed E-state index contributed by atoms with van der Waals surface area (Å²) in [5.74, 6) is -0.316. The minimum atomic E-state index is -3.59. The normalized spacial score (nSPS) is 11.6. The van der Waals surface area contributed by atoms with Crippen molar-refractivity contribution in [1.82, 2.24) is 13.9 Å². The van der Waals surface area contributed by atoms with Crippen LogP contribution in [0.5, 0.6) is 0 Å². The van der Waals surface area contributed by atoms with E-state index in [9.17, 15) is 13.2 Å². The van der Waals surface area contributed by atoms with Crippen LogP contribution >= 0.6 is 0 Å². The smallest absolute Gasteiger partial charge is 0.255 e. The van der Waals surface area contributed by atoms with Gasteiger partial charge in [-0.15, -0.1) is 0 Å². The molecule has 1 N–H and O–H groups in total. The minimum absolute atomic E-state index is 0.167. The molecule has 7 nitrogen and oxygen atoms in total. The fourth-order valence-corrected chi connectivity index (χ4v) is 3.70. The van der Waals surface area contributed by atoms with Crippen LogP contribution in [0.25, 0.3) is 5.69 Å². The average molecular weight is 384 g/mol. The van der Waals surface area contributed by atoms with Gasteiger partial charge in [0.2, 0.25) is 10.0 Å². The average Bonchev–Trinajstić information content (AvgIpc) is 3.18. The maximum Gasteiger partial charge on any atom is 0.255 e. The number of carbonyl (C=O) groups is 1. The van der Waals surface area contributed by atoms with Gasteiger partial charge in [0.05, 0.1) is 11.2 Å². The number of sulfonamides is 1. The summed E-state index contributed by atoms with van der Waals surface area (Å²) in [5.41, 5.74) is 2.39. The number of benzene rings is 2. The van der Waals surface area contributed by atoms with Gasteiger partial charge in [-0.2, -0.15) is 0 Å². The molecule has 3 rings (SSSR count). The van der Waals surface area contributed by atoms with Crippen molar-refractivity contribution in [1.29, 1.82) is 0 Å². The van der Waals surface area contributed by atoms with Gasteiger partial charge in [-0.05, 0) is 48.9 Å². The van der Waals surface area contributed by atoms with Gasteiger partial charge in [-0.3, -0.25) is 4.79 Å². The van der Waals surface area contributed by atoms with Crippen LogP contribution in [0.15, 0.2) is 66.1 Å². The molecule has 0 radical (unpaired) electrons. The zero-order chi connectivity index (χ0) is 19.6. The van der Waals surface area contributed by atoms with Crippen molar-refractivity contribution in [2.75, 3.05) is 19.4 Å². The summed E-state index contributed by atoms with van der Waals surface area (Å²) in [7, 11) is -0.640. The number of nitrogens with zero attached hydrogens (tertiary/aromatic N) is 3. The molecule has 0 saturated carbocycles. The van der Waals surface area contributed by atoms with E-state index in [0.717, 1.165) is 9.99 Å². The lowest BCUT2D eigenvalue weighted by Crippen LogP contribution is -2.23. The van der Waals surface area contributed by atoms with E-state index in [1.54, 1.807) is 43.7 Å². The second-order valence-electron chi connectivity index (χ2n) is 6.24. The van der Waals surface area contributed by atoms with E-state index in [1.165, 1.54) is 20.2 Å². The Morgan fingerprint density at radius 2 is 1.81 bits per heavy atom. The summed E-state index contributed by atoms with van der Waals surface area (Å²) >= 11 is 0. The number of imidazole rings is 1. The molecule has 2 aromatic carbocycles. The summed E-state index contributed by atoms with van der Waals surface area (Å²) in [5, 5.41) is 2.75. The lowest BCUT2D eigenvalue weighted by atomic mass is 10.1. The molecule has 0 atom stereocenters. The Hall–Kier alpha value is -2.97. The summed E-state index contributed by atoms with van der Waals surface area (Å²) in [6.07, 6.45) is 5.17. The molecule has 0 bridgehead atoms. The highest BCUT2D eigenvalue weighted by Gasteiger charge is 2.20. The molecule has 0 unspecified atom stereocenters. The van der Waals surface area contributed by atoms with Crippen molar-refractivity contribution in [2.45, 2.75) is 11.8 Å². The Morgan fingerprint density at radius 3 is 2.41 bits per heavy atom. The number of aryl methyl sites for hydroxylation is 1. The number of hydrogen-bond acceptors (Lipinski definition) is 4. The first-order valence-electron chi connectivity index (χ1n) is 8.22. The molecule has 0 aliphatic heterocycles. The Kier molecular flexibility index (Phi) is 5.11. The lowest BCUT2D eigenvalue weighted by Gasteiger charge is -2.15. The SMILES string of the molecule is Cc1ccc(NC(=O)c2ccc(-n3ccnc3)cc2)cc1S(=O)(=O)N(C)C. The van der Waals surface area contributed by atoms with E-state index in [0.29, 0.717) is 16.8 Å². The van der Waals surface area contributed by atoms with Crippen molar-refractivity contribution in [3.05, 3.63) is 72.3 Å². The molecule has 0 aliphatic carbocycles. The van der Waals surface area contributed by atoms with Crippen LogP contribution in [-0.4, -0.2) is 42.3 Å². The van der Waals surface area contributed by atoms with E-state index in [-0.39, 0.29) is 10.8 Å². The maximum atomic E-state index is 12.5. The molecule has 8 heteroatoms. The van der Waals surface area contributed by atoms with Gasteiger partial charge in [0.15, 0.2) is 0 Å². The van der Waals surface area contributed by atoms with E-state index in [2.05, 4.69) is 10.3 Å². The third-order valence-electron chi connectivity index (χ3n) is 4.14. The highest BCUT2D eigenvalue weighted by Crippen LogP contribution is 2.23. The second-order valence-corrected chi connectivity index (χ2v) is 8.36. The van der Waals surface area contributed by atoms with Crippen molar-refractivity contribution < 1.29 is 13.2 Å². The van der Waals surface area contributed by atoms with E-state index in [1.807, 2.05) is 22.9 Å². The molecular formula is C19H20N4O3S. The van der Waals surface area contributed by atoms with Crippen LogP contribution in [0.4, 0.5) is 5.69 Å². The van der Waals surface area contributed by atoms with Gasteiger partial charge in [0.1, 0.15) is 0 Å². The Balaban J connectivity index is 1.82. The van der Waals surface area contributed by atoms with Gasteiger partial charge in [-0.1, -0.05) is 6.07 Å². The monoisotopic (exact) mass is 384 g/mol. The topological polar surface area (TPSA) is 84.3 Å². The van der Waals surface area contributed by atoms with Crippen molar-refractivity contribution in [3.63, 3.8) is 0 Å². The van der Waals surface area contributed by atoms with Gasteiger partial charge >= 0.3 is 0 Å². The second kappa shape index (κ2) is 7.34. The molecule has 0 spiro atoms. The Bertz CT molecular complexity index is 1060. The standard InChI is InChI=1S/C19H20N4O3S/c1-14-4-7-16(12-18(14)27(25,26)22(2)3)21-19(24)15-5-8-17(9-6-15)23-11-10-20-13-23/h4-13H,1-3H3,(H,21,24). The minimum Gasteiger partial charge on any atom is -0.322 e. The molecule has 0 fully saturated rings. The van der Waals surface area contributed by atoms with Crippen LogP contribution in [0, 0.1) is 6.92 Å². The molecule has 140 valence electrons. The van der Waals surface area contributed by atoms with E-state index < -0.39 is 10.0 Å². The molecule has 0 saturated heterocycles. The third kappa shape index (κ3) is 3.91. The number of rotatable bonds is 5. The summed E-state index contributed by atoms with van der Waals surface area (Å²) in [4.78, 5) is 16.7. The maximum absolute atomic E-state index is 12.5. The van der Waals surface area contributed by atoms with Crippen LogP contribution in [-0.2, 0) is 10.0 Å². The predicted molar refractivity (Wildman–Crippen MR) is 104 cm³/mol. The highest BCUT2D eigenvalue weighted by molar-refractivity contribution is 7.89. The van der Waals surface area contributed by atoms with Crippen molar-refractivity contribution in [3.8, 4) is 5.69 Å². The number of hydrogen-bond donors (Lipinski definition) is 1. The van der Waals surface area contributed by atoms with Gasteiger partial charge < -0.3 is 9.88 Å². The molecule has 1 heterocycles. The number of aromatic nitrogens is 2. The molecule has 1 aromatic heterocycles.